The molecule has 2 saturated heterocycles. The minimum Gasteiger partial charge on any atom is -0.467 e. The maximum atomic E-state index is 12.7. The van der Waals surface area contributed by atoms with Crippen LogP contribution in [0.25, 0.3) is 0 Å². The minimum atomic E-state index is -0.343. The van der Waals surface area contributed by atoms with Crippen LogP contribution in [0.3, 0.4) is 0 Å². The summed E-state index contributed by atoms with van der Waals surface area (Å²) in [5.74, 6) is 0.823. The van der Waals surface area contributed by atoms with Crippen molar-refractivity contribution in [3.8, 4) is 6.01 Å². The van der Waals surface area contributed by atoms with Gasteiger partial charge in [-0.2, -0.15) is 4.98 Å². The van der Waals surface area contributed by atoms with Crippen LogP contribution in [0.15, 0.2) is 31.0 Å². The van der Waals surface area contributed by atoms with Crippen LogP contribution in [-0.4, -0.2) is 93.9 Å². The van der Waals surface area contributed by atoms with Gasteiger partial charge in [-0.15, -0.1) is 0 Å². The van der Waals surface area contributed by atoms with E-state index in [0.29, 0.717) is 25.5 Å². The molecule has 4 rings (SSSR count). The number of imidazole rings is 1. The van der Waals surface area contributed by atoms with Crippen LogP contribution in [0.2, 0.25) is 0 Å². The van der Waals surface area contributed by atoms with E-state index in [-0.39, 0.29) is 24.3 Å². The van der Waals surface area contributed by atoms with Crippen molar-refractivity contribution in [1.82, 2.24) is 29.3 Å². The third kappa shape index (κ3) is 4.70. The quantitative estimate of drug-likeness (QED) is 0.719. The monoisotopic (exact) mass is 429 g/mol. The van der Waals surface area contributed by atoms with Crippen LogP contribution in [0, 0.1) is 0 Å². The standard InChI is InChI=1S/C20H27N7O4/c1-24(15-4-9-25(10-5-15)17-3-7-22-18(23-17)30-2)20(29)31-16-6-11-26(13-16)19(28)27-12-8-21-14-27/h3,7-8,12,14-16H,4-6,9-11,13H2,1-2H3/t16-/m0/s1. The first-order valence-corrected chi connectivity index (χ1v) is 10.4. The number of piperidine rings is 1. The van der Waals surface area contributed by atoms with E-state index < -0.39 is 0 Å². The largest absolute Gasteiger partial charge is 0.467 e. The molecule has 0 radical (unpaired) electrons. The molecule has 1 atom stereocenters. The van der Waals surface area contributed by atoms with E-state index in [1.165, 1.54) is 10.9 Å². The van der Waals surface area contributed by atoms with Gasteiger partial charge in [0.15, 0.2) is 0 Å². The molecule has 0 N–H and O–H groups in total. The SMILES string of the molecule is COc1nccc(N2CCC(N(C)C(=O)O[C@H]3CCN(C(=O)n4ccnc4)C3)CC2)n1. The normalized spacial score (nSPS) is 19.4. The maximum Gasteiger partial charge on any atom is 0.410 e. The lowest BCUT2D eigenvalue weighted by Gasteiger charge is -2.37. The third-order valence-corrected chi connectivity index (χ3v) is 5.83. The van der Waals surface area contributed by atoms with Crippen molar-refractivity contribution in [2.24, 2.45) is 0 Å². The lowest BCUT2D eigenvalue weighted by Crippen LogP contribution is -2.46. The molecule has 2 fully saturated rings. The number of ether oxygens (including phenoxy) is 2. The van der Waals surface area contributed by atoms with Gasteiger partial charge in [0.25, 0.3) is 0 Å². The van der Waals surface area contributed by atoms with Crippen molar-refractivity contribution in [2.45, 2.75) is 31.4 Å². The number of carbonyl (C=O) groups is 2. The summed E-state index contributed by atoms with van der Waals surface area (Å²) >= 11 is 0. The topological polar surface area (TPSA) is 106 Å². The van der Waals surface area contributed by atoms with Crippen molar-refractivity contribution in [3.05, 3.63) is 31.0 Å². The number of aromatic nitrogens is 4. The van der Waals surface area contributed by atoms with E-state index in [1.54, 1.807) is 42.5 Å². The van der Waals surface area contributed by atoms with Crippen molar-refractivity contribution in [1.29, 1.82) is 0 Å². The Morgan fingerprint density at radius 1 is 1.16 bits per heavy atom. The van der Waals surface area contributed by atoms with Crippen molar-refractivity contribution < 1.29 is 19.1 Å². The smallest absolute Gasteiger partial charge is 0.410 e. The molecule has 0 unspecified atom stereocenters. The zero-order valence-electron chi connectivity index (χ0n) is 17.8. The van der Waals surface area contributed by atoms with Crippen LogP contribution in [-0.2, 0) is 4.74 Å². The Kier molecular flexibility index (Phi) is 6.19. The van der Waals surface area contributed by atoms with Gasteiger partial charge < -0.3 is 24.2 Å². The van der Waals surface area contributed by atoms with Gasteiger partial charge in [-0.1, -0.05) is 0 Å². The van der Waals surface area contributed by atoms with E-state index in [1.807, 2.05) is 6.07 Å². The lowest BCUT2D eigenvalue weighted by atomic mass is 10.0. The molecule has 0 saturated carbocycles. The molecule has 2 amide bonds. The Bertz CT molecular complexity index is 899. The summed E-state index contributed by atoms with van der Waals surface area (Å²) in [4.78, 5) is 42.9. The first-order chi connectivity index (χ1) is 15.0. The molecular weight excluding hydrogens is 402 g/mol. The lowest BCUT2D eigenvalue weighted by molar-refractivity contribution is 0.0594. The molecule has 11 heteroatoms. The van der Waals surface area contributed by atoms with Gasteiger partial charge in [0.1, 0.15) is 18.2 Å². The van der Waals surface area contributed by atoms with Crippen molar-refractivity contribution in [2.75, 3.05) is 45.2 Å². The Balaban J connectivity index is 1.25. The Morgan fingerprint density at radius 2 is 1.97 bits per heavy atom. The Morgan fingerprint density at radius 3 is 2.68 bits per heavy atom. The molecule has 11 nitrogen and oxygen atoms in total. The number of hydrogen-bond acceptors (Lipinski definition) is 8. The van der Waals surface area contributed by atoms with Gasteiger partial charge in [0.2, 0.25) is 0 Å². The maximum absolute atomic E-state index is 12.7. The molecule has 31 heavy (non-hydrogen) atoms. The number of methoxy groups -OCH3 is 1. The van der Waals surface area contributed by atoms with E-state index >= 15 is 0 Å². The highest BCUT2D eigenvalue weighted by atomic mass is 16.6. The van der Waals surface area contributed by atoms with Gasteiger partial charge in [-0.05, 0) is 18.9 Å². The summed E-state index contributed by atoms with van der Waals surface area (Å²) in [7, 11) is 3.32. The number of anilines is 1. The molecule has 2 aliphatic rings. The van der Waals surface area contributed by atoms with E-state index in [0.717, 1.165) is 31.7 Å². The molecule has 166 valence electrons. The number of hydrogen-bond donors (Lipinski definition) is 0. The highest BCUT2D eigenvalue weighted by molar-refractivity contribution is 5.77. The summed E-state index contributed by atoms with van der Waals surface area (Å²) in [6.07, 6.45) is 7.95. The summed E-state index contributed by atoms with van der Waals surface area (Å²) in [6, 6.07) is 2.14. The van der Waals surface area contributed by atoms with Gasteiger partial charge in [0, 0.05) is 57.7 Å². The molecular formula is C20H27N7O4. The van der Waals surface area contributed by atoms with Crippen LogP contribution in [0.5, 0.6) is 6.01 Å². The van der Waals surface area contributed by atoms with Gasteiger partial charge in [-0.3, -0.25) is 4.57 Å². The fourth-order valence-electron chi connectivity index (χ4n) is 4.00. The molecule has 0 bridgehead atoms. The van der Waals surface area contributed by atoms with E-state index in [9.17, 15) is 9.59 Å². The fraction of sp³-hybridized carbons (Fsp3) is 0.550. The second-order valence-electron chi connectivity index (χ2n) is 7.72. The second-order valence-corrected chi connectivity index (χ2v) is 7.72. The van der Waals surface area contributed by atoms with Crippen LogP contribution < -0.4 is 9.64 Å². The summed E-state index contributed by atoms with van der Waals surface area (Å²) in [6.45, 7) is 2.50. The molecule has 0 spiro atoms. The van der Waals surface area contributed by atoms with Gasteiger partial charge in [-0.25, -0.2) is 19.6 Å². The zero-order chi connectivity index (χ0) is 21.8. The number of carbonyl (C=O) groups excluding carboxylic acids is 2. The number of rotatable bonds is 4. The second kappa shape index (κ2) is 9.19. The molecule has 4 heterocycles. The number of likely N-dealkylation sites (tertiary alicyclic amines) is 1. The molecule has 0 aromatic carbocycles. The zero-order valence-corrected chi connectivity index (χ0v) is 17.8. The van der Waals surface area contributed by atoms with Crippen LogP contribution in [0.1, 0.15) is 19.3 Å². The highest BCUT2D eigenvalue weighted by Crippen LogP contribution is 2.23. The van der Waals surface area contributed by atoms with E-state index in [2.05, 4.69) is 19.9 Å². The number of amides is 2. The third-order valence-electron chi connectivity index (χ3n) is 5.83. The Labute approximate surface area is 180 Å². The summed E-state index contributed by atoms with van der Waals surface area (Å²) in [5, 5.41) is 0. The summed E-state index contributed by atoms with van der Waals surface area (Å²) < 4.78 is 12.2. The molecule has 0 aliphatic carbocycles. The van der Waals surface area contributed by atoms with Crippen molar-refractivity contribution >= 4 is 17.9 Å². The van der Waals surface area contributed by atoms with Crippen LogP contribution in [0.4, 0.5) is 15.4 Å². The minimum absolute atomic E-state index is 0.0950. The fourth-order valence-corrected chi connectivity index (χ4v) is 4.00. The van der Waals surface area contributed by atoms with E-state index in [4.69, 9.17) is 9.47 Å². The average molecular weight is 429 g/mol. The summed E-state index contributed by atoms with van der Waals surface area (Å²) in [5.41, 5.74) is 0. The van der Waals surface area contributed by atoms with Gasteiger partial charge >= 0.3 is 18.1 Å². The molecule has 2 aliphatic heterocycles. The van der Waals surface area contributed by atoms with Crippen LogP contribution >= 0.6 is 0 Å². The molecule has 2 aromatic heterocycles. The Hall–Kier alpha value is -3.37. The first kappa shape index (κ1) is 20.9. The van der Waals surface area contributed by atoms with Crippen molar-refractivity contribution in [3.63, 3.8) is 0 Å². The number of nitrogens with zero attached hydrogens (tertiary/aromatic N) is 7. The predicted octanol–water partition coefficient (Wildman–Crippen LogP) is 1.46. The van der Waals surface area contributed by atoms with Gasteiger partial charge in [0.05, 0.1) is 13.7 Å². The average Bonchev–Trinajstić information content (AvgIpc) is 3.51. The first-order valence-electron chi connectivity index (χ1n) is 10.4. The predicted molar refractivity (Wildman–Crippen MR) is 111 cm³/mol. The molecule has 2 aromatic rings. The highest BCUT2D eigenvalue weighted by Gasteiger charge is 2.32.